The van der Waals surface area contributed by atoms with Gasteiger partial charge >= 0.3 is 0 Å². The number of rotatable bonds is 5. The van der Waals surface area contributed by atoms with Gasteiger partial charge in [0.1, 0.15) is 5.75 Å². The lowest BCUT2D eigenvalue weighted by Crippen LogP contribution is -2.12. The SMILES string of the molecule is N/C(=N\O)c1ccc(OCCCO)cc1. The highest BCUT2D eigenvalue weighted by molar-refractivity contribution is 5.97. The van der Waals surface area contributed by atoms with E-state index in [1.165, 1.54) is 0 Å². The Morgan fingerprint density at radius 3 is 2.53 bits per heavy atom. The highest BCUT2D eigenvalue weighted by Crippen LogP contribution is 2.12. The van der Waals surface area contributed by atoms with Crippen LogP contribution in [-0.4, -0.2) is 29.4 Å². The Balaban J connectivity index is 2.56. The first-order chi connectivity index (χ1) is 7.27. The number of aliphatic hydroxyl groups is 1. The maximum atomic E-state index is 8.55. The summed E-state index contributed by atoms with van der Waals surface area (Å²) in [5, 5.41) is 19.9. The van der Waals surface area contributed by atoms with Crippen molar-refractivity contribution >= 4 is 5.84 Å². The number of nitrogens with zero attached hydrogens (tertiary/aromatic N) is 1. The molecule has 0 aliphatic heterocycles. The van der Waals surface area contributed by atoms with E-state index >= 15 is 0 Å². The molecule has 1 aromatic rings. The highest BCUT2D eigenvalue weighted by atomic mass is 16.5. The second-order valence-electron chi connectivity index (χ2n) is 2.94. The van der Waals surface area contributed by atoms with Gasteiger partial charge in [-0.05, 0) is 24.3 Å². The molecule has 0 heterocycles. The van der Waals surface area contributed by atoms with E-state index in [0.717, 1.165) is 0 Å². The Hall–Kier alpha value is -1.75. The van der Waals surface area contributed by atoms with E-state index in [4.69, 9.17) is 20.8 Å². The molecule has 0 unspecified atom stereocenters. The molecule has 0 radical (unpaired) electrons. The van der Waals surface area contributed by atoms with E-state index in [2.05, 4.69) is 5.16 Å². The van der Waals surface area contributed by atoms with Crippen LogP contribution in [0.5, 0.6) is 5.75 Å². The van der Waals surface area contributed by atoms with Crippen LogP contribution in [-0.2, 0) is 0 Å². The Bertz CT molecular complexity index is 322. The first-order valence-electron chi connectivity index (χ1n) is 4.59. The van der Waals surface area contributed by atoms with E-state index in [1.807, 2.05) is 0 Å². The predicted octanol–water partition coefficient (Wildman–Crippen LogP) is 0.542. The summed E-state index contributed by atoms with van der Waals surface area (Å²) in [7, 11) is 0. The van der Waals surface area contributed by atoms with Crippen LogP contribution in [0.15, 0.2) is 29.4 Å². The summed E-state index contributed by atoms with van der Waals surface area (Å²) in [5.74, 6) is 0.759. The van der Waals surface area contributed by atoms with Crippen molar-refractivity contribution in [3.63, 3.8) is 0 Å². The third-order valence-corrected chi connectivity index (χ3v) is 1.83. The van der Waals surface area contributed by atoms with E-state index in [0.29, 0.717) is 24.3 Å². The van der Waals surface area contributed by atoms with Gasteiger partial charge in [0.15, 0.2) is 5.84 Å². The number of hydrogen-bond acceptors (Lipinski definition) is 4. The fourth-order valence-electron chi connectivity index (χ4n) is 1.03. The maximum absolute atomic E-state index is 8.55. The summed E-state index contributed by atoms with van der Waals surface area (Å²) in [6, 6.07) is 6.85. The summed E-state index contributed by atoms with van der Waals surface area (Å²) >= 11 is 0. The van der Waals surface area contributed by atoms with Gasteiger partial charge in [-0.3, -0.25) is 0 Å². The molecule has 5 heteroatoms. The Kier molecular flexibility index (Phi) is 4.43. The second kappa shape index (κ2) is 5.87. The van der Waals surface area contributed by atoms with Crippen LogP contribution in [0.4, 0.5) is 0 Å². The van der Waals surface area contributed by atoms with Crippen LogP contribution in [0, 0.1) is 0 Å². The van der Waals surface area contributed by atoms with Gasteiger partial charge < -0.3 is 20.8 Å². The lowest BCUT2D eigenvalue weighted by molar-refractivity contribution is 0.233. The molecule has 4 N–H and O–H groups in total. The third kappa shape index (κ3) is 3.47. The summed E-state index contributed by atoms with van der Waals surface area (Å²) < 4.78 is 5.31. The summed E-state index contributed by atoms with van der Waals surface area (Å²) in [6.45, 7) is 0.585. The van der Waals surface area contributed by atoms with Gasteiger partial charge in [-0.15, -0.1) is 0 Å². The van der Waals surface area contributed by atoms with Crippen LogP contribution in [0.25, 0.3) is 0 Å². The normalized spacial score (nSPS) is 11.4. The lowest BCUT2D eigenvalue weighted by atomic mass is 10.2. The molecular weight excluding hydrogens is 196 g/mol. The molecule has 1 aromatic carbocycles. The molecule has 0 aliphatic rings. The van der Waals surface area contributed by atoms with Crippen LogP contribution >= 0.6 is 0 Å². The molecule has 1 rings (SSSR count). The van der Waals surface area contributed by atoms with Crippen molar-refractivity contribution in [2.45, 2.75) is 6.42 Å². The van der Waals surface area contributed by atoms with Crippen LogP contribution in [0.1, 0.15) is 12.0 Å². The van der Waals surface area contributed by atoms with Crippen molar-refractivity contribution in [2.24, 2.45) is 10.9 Å². The molecule has 0 amide bonds. The minimum absolute atomic E-state index is 0.0666. The molecule has 5 nitrogen and oxygen atoms in total. The van der Waals surface area contributed by atoms with E-state index < -0.39 is 0 Å². The molecule has 0 fully saturated rings. The average molecular weight is 210 g/mol. The van der Waals surface area contributed by atoms with E-state index in [-0.39, 0.29) is 12.4 Å². The quantitative estimate of drug-likeness (QED) is 0.217. The topological polar surface area (TPSA) is 88.1 Å². The van der Waals surface area contributed by atoms with Crippen molar-refractivity contribution in [3.8, 4) is 5.75 Å². The number of hydrogen-bond donors (Lipinski definition) is 3. The number of nitrogens with two attached hydrogens (primary N) is 1. The third-order valence-electron chi connectivity index (χ3n) is 1.83. The van der Waals surface area contributed by atoms with Crippen LogP contribution in [0.2, 0.25) is 0 Å². The molecule has 0 aliphatic carbocycles. The van der Waals surface area contributed by atoms with Crippen LogP contribution < -0.4 is 10.5 Å². The predicted molar refractivity (Wildman–Crippen MR) is 56.2 cm³/mol. The van der Waals surface area contributed by atoms with Crippen molar-refractivity contribution in [1.29, 1.82) is 0 Å². The lowest BCUT2D eigenvalue weighted by Gasteiger charge is -2.05. The molecule has 0 saturated carbocycles. The second-order valence-corrected chi connectivity index (χ2v) is 2.94. The number of aliphatic hydroxyl groups excluding tert-OH is 1. The van der Waals surface area contributed by atoms with E-state index in [1.54, 1.807) is 24.3 Å². The molecule has 82 valence electrons. The number of amidine groups is 1. The van der Waals surface area contributed by atoms with Gasteiger partial charge in [0, 0.05) is 18.6 Å². The van der Waals surface area contributed by atoms with Gasteiger partial charge in [-0.1, -0.05) is 5.16 Å². The standard InChI is InChI=1S/C10H14N2O3/c11-10(12-14)8-2-4-9(5-3-8)15-7-1-6-13/h2-5,13-14H,1,6-7H2,(H2,11,12). The van der Waals surface area contributed by atoms with Gasteiger partial charge in [-0.25, -0.2) is 0 Å². The van der Waals surface area contributed by atoms with Gasteiger partial charge in [0.2, 0.25) is 0 Å². The fraction of sp³-hybridized carbons (Fsp3) is 0.300. The Labute approximate surface area is 87.8 Å². The zero-order chi connectivity index (χ0) is 11.1. The fourth-order valence-corrected chi connectivity index (χ4v) is 1.03. The smallest absolute Gasteiger partial charge is 0.170 e. The average Bonchev–Trinajstić information content (AvgIpc) is 2.29. The van der Waals surface area contributed by atoms with Gasteiger partial charge in [-0.2, -0.15) is 0 Å². The van der Waals surface area contributed by atoms with Crippen molar-refractivity contribution < 1.29 is 15.1 Å². The summed E-state index contributed by atoms with van der Waals surface area (Å²) in [5.41, 5.74) is 6.02. The maximum Gasteiger partial charge on any atom is 0.170 e. The number of ether oxygens (including phenoxy) is 1. The molecule has 0 bridgehead atoms. The molecular formula is C10H14N2O3. The molecule has 0 atom stereocenters. The molecule has 0 aromatic heterocycles. The van der Waals surface area contributed by atoms with Crippen LogP contribution in [0.3, 0.4) is 0 Å². The number of benzene rings is 1. The zero-order valence-corrected chi connectivity index (χ0v) is 8.26. The highest BCUT2D eigenvalue weighted by Gasteiger charge is 1.99. The van der Waals surface area contributed by atoms with E-state index in [9.17, 15) is 0 Å². The summed E-state index contributed by atoms with van der Waals surface area (Å²) in [4.78, 5) is 0. The molecule has 15 heavy (non-hydrogen) atoms. The molecule has 0 spiro atoms. The number of oxime groups is 1. The molecule has 0 saturated heterocycles. The van der Waals surface area contributed by atoms with Crippen molar-refractivity contribution in [2.75, 3.05) is 13.2 Å². The minimum atomic E-state index is 0.0666. The van der Waals surface area contributed by atoms with Gasteiger partial charge in [0.05, 0.1) is 6.61 Å². The Morgan fingerprint density at radius 2 is 2.00 bits per heavy atom. The van der Waals surface area contributed by atoms with Crippen molar-refractivity contribution in [1.82, 2.24) is 0 Å². The monoisotopic (exact) mass is 210 g/mol. The van der Waals surface area contributed by atoms with Gasteiger partial charge in [0.25, 0.3) is 0 Å². The van der Waals surface area contributed by atoms with Crippen molar-refractivity contribution in [3.05, 3.63) is 29.8 Å². The first-order valence-corrected chi connectivity index (χ1v) is 4.59. The largest absolute Gasteiger partial charge is 0.494 e. The summed E-state index contributed by atoms with van der Waals surface area (Å²) in [6.07, 6.45) is 0.599. The first kappa shape index (κ1) is 11.3. The zero-order valence-electron chi connectivity index (χ0n) is 8.26. The minimum Gasteiger partial charge on any atom is -0.494 e. The Morgan fingerprint density at radius 1 is 1.33 bits per heavy atom.